The lowest BCUT2D eigenvalue weighted by Gasteiger charge is -2.11. The summed E-state index contributed by atoms with van der Waals surface area (Å²) in [5.41, 5.74) is 5.18. The fourth-order valence-corrected chi connectivity index (χ4v) is 2.20. The van der Waals surface area contributed by atoms with E-state index in [1.807, 2.05) is 6.07 Å². The molecular formula is C16H13N5O6. The Balaban J connectivity index is 2.66. The normalized spacial score (nSPS) is 11.1. The third-order valence-electron chi connectivity index (χ3n) is 3.48. The molecule has 3 N–H and O–H groups in total. The van der Waals surface area contributed by atoms with Crippen LogP contribution in [0.3, 0.4) is 0 Å². The summed E-state index contributed by atoms with van der Waals surface area (Å²) >= 11 is 0. The summed E-state index contributed by atoms with van der Waals surface area (Å²) in [6, 6.07) is 4.35. The molecule has 0 saturated carbocycles. The number of nitrogens with two attached hydrogens (primary N) is 1. The third-order valence-corrected chi connectivity index (χ3v) is 3.48. The molecule has 0 saturated heterocycles. The van der Waals surface area contributed by atoms with Gasteiger partial charge in [-0.15, -0.1) is 0 Å². The van der Waals surface area contributed by atoms with Gasteiger partial charge in [-0.25, -0.2) is 9.78 Å². The second-order valence-electron chi connectivity index (χ2n) is 4.98. The van der Waals surface area contributed by atoms with Crippen LogP contribution in [0.25, 0.3) is 11.3 Å². The first-order chi connectivity index (χ1) is 12.8. The molecule has 0 fully saturated rings. The lowest BCUT2D eigenvalue weighted by atomic mass is 10.0. The predicted octanol–water partition coefficient (Wildman–Crippen LogP) is 1.45. The predicted molar refractivity (Wildman–Crippen MR) is 91.8 cm³/mol. The third kappa shape index (κ3) is 3.74. The smallest absolute Gasteiger partial charge is 0.356 e. The Morgan fingerprint density at radius 1 is 1.26 bits per heavy atom. The molecular weight excluding hydrogens is 358 g/mol. The van der Waals surface area contributed by atoms with Gasteiger partial charge in [0.05, 0.1) is 37.2 Å². The highest BCUT2D eigenvalue weighted by molar-refractivity contribution is 5.96. The number of nitrogens with zero attached hydrogens (tertiary/aromatic N) is 4. The van der Waals surface area contributed by atoms with Crippen molar-refractivity contribution in [2.24, 2.45) is 5.73 Å². The van der Waals surface area contributed by atoms with Crippen molar-refractivity contribution < 1.29 is 24.3 Å². The molecule has 1 aromatic carbocycles. The number of ether oxygens (including phenoxy) is 2. The topological polar surface area (TPSA) is 174 Å². The zero-order valence-corrected chi connectivity index (χ0v) is 14.2. The van der Waals surface area contributed by atoms with Crippen LogP contribution in [0.1, 0.15) is 21.7 Å². The highest BCUT2D eigenvalue weighted by Crippen LogP contribution is 2.39. The summed E-state index contributed by atoms with van der Waals surface area (Å²) < 4.78 is 10.1. The fraction of sp³-hybridized carbons (Fsp3) is 0.125. The Bertz CT molecular complexity index is 978. The summed E-state index contributed by atoms with van der Waals surface area (Å²) in [5, 5.41) is 29.6. The van der Waals surface area contributed by atoms with E-state index in [2.05, 4.69) is 9.97 Å². The Hall–Kier alpha value is -4.20. The van der Waals surface area contributed by atoms with Crippen molar-refractivity contribution in [3.63, 3.8) is 0 Å². The summed E-state index contributed by atoms with van der Waals surface area (Å²) in [7, 11) is 2.55. The first-order valence-electron chi connectivity index (χ1n) is 7.20. The van der Waals surface area contributed by atoms with Gasteiger partial charge in [-0.3, -0.25) is 15.1 Å². The molecule has 0 unspecified atom stereocenters. The number of methoxy groups -OCH3 is 2. The number of carboxylic acid groups (broad SMARTS) is 1. The quantitative estimate of drug-likeness (QED) is 0.429. The van der Waals surface area contributed by atoms with Gasteiger partial charge in [-0.2, -0.15) is 5.26 Å². The monoisotopic (exact) mass is 371 g/mol. The molecule has 1 heterocycles. The number of benzene rings is 1. The van der Waals surface area contributed by atoms with E-state index in [1.165, 1.54) is 20.3 Å². The van der Waals surface area contributed by atoms with E-state index in [0.717, 1.165) is 18.5 Å². The van der Waals surface area contributed by atoms with Crippen LogP contribution in [0.2, 0.25) is 0 Å². The molecule has 0 radical (unpaired) electrons. The minimum absolute atomic E-state index is 0.0115. The van der Waals surface area contributed by atoms with Gasteiger partial charge in [0.15, 0.2) is 11.4 Å². The number of nitro groups is 1. The summed E-state index contributed by atoms with van der Waals surface area (Å²) in [4.78, 5) is 29.0. The number of carboxylic acids is 1. The maximum absolute atomic E-state index is 11.3. The Kier molecular flexibility index (Phi) is 5.52. The van der Waals surface area contributed by atoms with Gasteiger partial charge >= 0.3 is 11.7 Å². The van der Waals surface area contributed by atoms with Crippen LogP contribution in [0.15, 0.2) is 24.5 Å². The van der Waals surface area contributed by atoms with E-state index >= 15 is 0 Å². The molecule has 2 aromatic rings. The van der Waals surface area contributed by atoms with Crippen LogP contribution in [0, 0.1) is 21.4 Å². The number of aromatic carboxylic acids is 1. The van der Waals surface area contributed by atoms with Gasteiger partial charge in [0.2, 0.25) is 5.75 Å². The van der Waals surface area contributed by atoms with Gasteiger partial charge in [0.25, 0.3) is 0 Å². The number of carbonyl (C=O) groups is 1. The highest BCUT2D eigenvalue weighted by atomic mass is 16.6. The molecule has 0 amide bonds. The van der Waals surface area contributed by atoms with E-state index in [0.29, 0.717) is 0 Å². The number of nitro benzene ring substituents is 1. The number of allylic oxidation sites excluding steroid dienone is 1. The van der Waals surface area contributed by atoms with Gasteiger partial charge in [-0.1, -0.05) is 0 Å². The number of hydrogen-bond donors (Lipinski definition) is 2. The van der Waals surface area contributed by atoms with Crippen LogP contribution in [0.4, 0.5) is 5.69 Å². The average molecular weight is 371 g/mol. The second kappa shape index (κ2) is 7.79. The van der Waals surface area contributed by atoms with Crippen LogP contribution < -0.4 is 15.2 Å². The summed E-state index contributed by atoms with van der Waals surface area (Å²) in [5.74, 6) is -1.32. The van der Waals surface area contributed by atoms with Crippen LogP contribution >= 0.6 is 0 Å². The molecule has 1 aromatic heterocycles. The summed E-state index contributed by atoms with van der Waals surface area (Å²) in [6.07, 6.45) is 2.05. The SMILES string of the molecule is COc1cc(/C(N)=C(\C#N)c2cnc(C(=O)O)cn2)cc([N+](=O)[O-])c1OC. The molecule has 0 aliphatic rings. The van der Waals surface area contributed by atoms with E-state index in [-0.39, 0.29) is 39.7 Å². The first-order valence-corrected chi connectivity index (χ1v) is 7.20. The van der Waals surface area contributed by atoms with Crippen molar-refractivity contribution in [2.75, 3.05) is 14.2 Å². The zero-order chi connectivity index (χ0) is 20.1. The van der Waals surface area contributed by atoms with E-state index in [4.69, 9.17) is 20.3 Å². The van der Waals surface area contributed by atoms with E-state index in [9.17, 15) is 20.2 Å². The van der Waals surface area contributed by atoms with Crippen molar-refractivity contribution in [2.45, 2.75) is 0 Å². The van der Waals surface area contributed by atoms with E-state index in [1.54, 1.807) is 0 Å². The minimum atomic E-state index is -1.28. The Morgan fingerprint density at radius 3 is 2.33 bits per heavy atom. The molecule has 0 aliphatic heterocycles. The van der Waals surface area contributed by atoms with Crippen molar-refractivity contribution in [1.82, 2.24) is 9.97 Å². The highest BCUT2D eigenvalue weighted by Gasteiger charge is 2.23. The molecule has 138 valence electrons. The maximum atomic E-state index is 11.3. The molecule has 11 heteroatoms. The maximum Gasteiger partial charge on any atom is 0.356 e. The number of aromatic nitrogens is 2. The van der Waals surface area contributed by atoms with Gasteiger partial charge in [-0.05, 0) is 6.07 Å². The van der Waals surface area contributed by atoms with Crippen LogP contribution in [0.5, 0.6) is 11.5 Å². The van der Waals surface area contributed by atoms with Gasteiger partial charge in [0.1, 0.15) is 17.3 Å². The molecule has 11 nitrogen and oxygen atoms in total. The van der Waals surface area contributed by atoms with Crippen LogP contribution in [-0.4, -0.2) is 40.2 Å². The molecule has 2 rings (SSSR count). The van der Waals surface area contributed by atoms with Crippen molar-refractivity contribution >= 4 is 22.9 Å². The molecule has 0 bridgehead atoms. The zero-order valence-electron chi connectivity index (χ0n) is 14.2. The van der Waals surface area contributed by atoms with Gasteiger partial charge < -0.3 is 20.3 Å². The average Bonchev–Trinajstić information content (AvgIpc) is 2.67. The van der Waals surface area contributed by atoms with Gasteiger partial charge in [0, 0.05) is 11.6 Å². The molecule has 0 atom stereocenters. The minimum Gasteiger partial charge on any atom is -0.493 e. The lowest BCUT2D eigenvalue weighted by molar-refractivity contribution is -0.385. The second-order valence-corrected chi connectivity index (χ2v) is 4.98. The van der Waals surface area contributed by atoms with Crippen molar-refractivity contribution in [3.8, 4) is 17.6 Å². The fourth-order valence-electron chi connectivity index (χ4n) is 2.20. The largest absolute Gasteiger partial charge is 0.493 e. The molecule has 27 heavy (non-hydrogen) atoms. The molecule has 0 spiro atoms. The molecule has 0 aliphatic carbocycles. The number of hydrogen-bond acceptors (Lipinski definition) is 9. The van der Waals surface area contributed by atoms with E-state index < -0.39 is 16.6 Å². The standard InChI is InChI=1S/C16H13N5O6/c1-26-13-4-8(3-12(21(24)25)15(13)27-2)14(18)9(5-17)10-6-20-11(7-19-10)16(22)23/h3-4,6-7H,18H2,1-2H3,(H,22,23)/b14-9-. The van der Waals surface area contributed by atoms with Crippen molar-refractivity contribution in [1.29, 1.82) is 5.26 Å². The van der Waals surface area contributed by atoms with Crippen molar-refractivity contribution in [3.05, 3.63) is 51.6 Å². The number of rotatable bonds is 6. The Morgan fingerprint density at radius 2 is 1.89 bits per heavy atom. The lowest BCUT2D eigenvalue weighted by Crippen LogP contribution is -2.06. The first kappa shape index (κ1) is 19.1. The number of nitriles is 1. The van der Waals surface area contributed by atoms with Crippen LogP contribution in [-0.2, 0) is 0 Å². The Labute approximate surface area is 152 Å². The summed E-state index contributed by atoms with van der Waals surface area (Å²) in [6.45, 7) is 0.